The molecule has 0 bridgehead atoms. The van der Waals surface area contributed by atoms with E-state index in [1.165, 1.54) is 12.1 Å². The van der Waals surface area contributed by atoms with Gasteiger partial charge >= 0.3 is 0 Å². The highest BCUT2D eigenvalue weighted by Gasteiger charge is 1.97. The van der Waals surface area contributed by atoms with Gasteiger partial charge in [-0.15, -0.1) is 0 Å². The van der Waals surface area contributed by atoms with Crippen molar-refractivity contribution in [3.05, 3.63) is 54.1 Å². The Bertz CT molecular complexity index is 632. The predicted octanol–water partition coefficient (Wildman–Crippen LogP) is 1.96. The summed E-state index contributed by atoms with van der Waals surface area (Å²) >= 11 is 3.37. The van der Waals surface area contributed by atoms with E-state index in [1.54, 1.807) is 19.2 Å². The maximum Gasteiger partial charge on any atom is 0.150 e. The summed E-state index contributed by atoms with van der Waals surface area (Å²) in [5.41, 5.74) is 0.928. The molecule has 0 fully saturated rings. The SMILES string of the molecule is COc1ccc([SH2+])cc1.Cc1ccc(S(=O)(=O)[O-])cc1. The number of aryl methyl sites for hydroxylation is 1. The molecule has 0 aliphatic heterocycles. The minimum absolute atomic E-state index is 0.178. The Labute approximate surface area is 124 Å². The minimum Gasteiger partial charge on any atom is -0.744 e. The van der Waals surface area contributed by atoms with E-state index >= 15 is 0 Å². The van der Waals surface area contributed by atoms with Gasteiger partial charge in [-0.3, -0.25) is 0 Å². The average Bonchev–Trinajstić information content (AvgIpc) is 2.40. The summed E-state index contributed by atoms with van der Waals surface area (Å²) in [6, 6.07) is 13.5. The fourth-order valence-corrected chi connectivity index (χ4v) is 1.93. The van der Waals surface area contributed by atoms with Crippen molar-refractivity contribution in [1.29, 1.82) is 0 Å². The van der Waals surface area contributed by atoms with E-state index in [0.717, 1.165) is 16.2 Å². The van der Waals surface area contributed by atoms with E-state index in [-0.39, 0.29) is 4.90 Å². The highest BCUT2D eigenvalue weighted by Crippen LogP contribution is 2.10. The van der Waals surface area contributed by atoms with E-state index in [2.05, 4.69) is 12.6 Å². The quantitative estimate of drug-likeness (QED) is 0.628. The summed E-state index contributed by atoms with van der Waals surface area (Å²) < 4.78 is 36.1. The van der Waals surface area contributed by atoms with Crippen molar-refractivity contribution in [3.8, 4) is 5.75 Å². The molecule has 108 valence electrons. The second-order valence-corrected chi connectivity index (χ2v) is 5.95. The lowest BCUT2D eigenvalue weighted by atomic mass is 10.2. The van der Waals surface area contributed by atoms with Crippen molar-refractivity contribution < 1.29 is 17.7 Å². The molecule has 20 heavy (non-hydrogen) atoms. The lowest BCUT2D eigenvalue weighted by Crippen LogP contribution is -1.97. The molecule has 4 nitrogen and oxygen atoms in total. The van der Waals surface area contributed by atoms with Crippen LogP contribution in [0.3, 0.4) is 0 Å². The second-order valence-electron chi connectivity index (χ2n) is 4.00. The Morgan fingerprint density at radius 3 is 1.90 bits per heavy atom. The topological polar surface area (TPSA) is 66.4 Å². The molecule has 0 unspecified atom stereocenters. The second kappa shape index (κ2) is 7.33. The summed E-state index contributed by atoms with van der Waals surface area (Å²) in [5.74, 6) is 0.886. The molecule has 0 spiro atoms. The Hall–Kier alpha value is -1.50. The largest absolute Gasteiger partial charge is 0.744 e. The number of methoxy groups -OCH3 is 1. The molecule has 0 radical (unpaired) electrons. The average molecular weight is 312 g/mol. The van der Waals surface area contributed by atoms with Crippen molar-refractivity contribution in [2.45, 2.75) is 16.7 Å². The Morgan fingerprint density at radius 2 is 1.50 bits per heavy atom. The van der Waals surface area contributed by atoms with Gasteiger partial charge in [0.1, 0.15) is 15.9 Å². The van der Waals surface area contributed by atoms with Crippen LogP contribution in [0.25, 0.3) is 0 Å². The maximum absolute atomic E-state index is 10.4. The van der Waals surface area contributed by atoms with Crippen LogP contribution < -0.4 is 4.74 Å². The Morgan fingerprint density at radius 1 is 1.00 bits per heavy atom. The predicted molar refractivity (Wildman–Crippen MR) is 80.6 cm³/mol. The van der Waals surface area contributed by atoms with Gasteiger partial charge in [-0.1, -0.05) is 17.7 Å². The first-order chi connectivity index (χ1) is 9.32. The van der Waals surface area contributed by atoms with Gasteiger partial charge in [-0.25, -0.2) is 8.42 Å². The number of ether oxygens (including phenoxy) is 1. The molecule has 2 rings (SSSR count). The molecule has 0 aliphatic carbocycles. The molecule has 0 saturated heterocycles. The van der Waals surface area contributed by atoms with Crippen LogP contribution >= 0.6 is 0 Å². The Kier molecular flexibility index (Phi) is 6.06. The Balaban J connectivity index is 0.000000204. The fraction of sp³-hybridized carbons (Fsp3) is 0.143. The van der Waals surface area contributed by atoms with Crippen LogP contribution in [0.5, 0.6) is 5.75 Å². The molecule has 0 saturated carbocycles. The van der Waals surface area contributed by atoms with Gasteiger partial charge in [-0.2, -0.15) is 0 Å². The van der Waals surface area contributed by atoms with E-state index in [9.17, 15) is 13.0 Å². The summed E-state index contributed by atoms with van der Waals surface area (Å²) in [5, 5.41) is 0. The molecule has 0 N–H and O–H groups in total. The van der Waals surface area contributed by atoms with Crippen LogP contribution in [0.15, 0.2) is 58.3 Å². The first-order valence-electron chi connectivity index (χ1n) is 5.71. The molecule has 2 aromatic rings. The van der Waals surface area contributed by atoms with Crippen molar-refractivity contribution in [2.24, 2.45) is 0 Å². The first-order valence-corrected chi connectivity index (χ1v) is 7.62. The lowest BCUT2D eigenvalue weighted by Gasteiger charge is -2.05. The lowest BCUT2D eigenvalue weighted by molar-refractivity contribution is 0.414. The molecule has 0 heterocycles. The maximum atomic E-state index is 10.4. The first kappa shape index (κ1) is 16.6. The zero-order valence-corrected chi connectivity index (χ0v) is 13.0. The van der Waals surface area contributed by atoms with E-state index < -0.39 is 10.1 Å². The van der Waals surface area contributed by atoms with E-state index in [0.29, 0.717) is 0 Å². The summed E-state index contributed by atoms with van der Waals surface area (Å²) in [7, 11) is -2.61. The molecular weight excluding hydrogens is 296 g/mol. The number of rotatable bonds is 2. The van der Waals surface area contributed by atoms with Gasteiger partial charge < -0.3 is 9.29 Å². The van der Waals surface area contributed by atoms with E-state index in [1.807, 2.05) is 31.2 Å². The molecule has 0 aliphatic rings. The zero-order chi connectivity index (χ0) is 15.2. The normalized spacial score (nSPS) is 10.4. The molecule has 0 atom stereocenters. The molecular formula is C14H16O4S2. The highest BCUT2D eigenvalue weighted by atomic mass is 32.2. The van der Waals surface area contributed by atoms with Crippen molar-refractivity contribution in [2.75, 3.05) is 7.11 Å². The third-order valence-electron chi connectivity index (χ3n) is 2.40. The fourth-order valence-electron chi connectivity index (χ4n) is 1.30. The van der Waals surface area contributed by atoms with Crippen LogP contribution in [0, 0.1) is 6.92 Å². The number of hydrogen-bond acceptors (Lipinski definition) is 4. The van der Waals surface area contributed by atoms with Gasteiger partial charge in [0.05, 0.1) is 12.0 Å². The van der Waals surface area contributed by atoms with Crippen LogP contribution in [0.1, 0.15) is 5.56 Å². The van der Waals surface area contributed by atoms with Crippen LogP contribution in [0.4, 0.5) is 0 Å². The van der Waals surface area contributed by atoms with Gasteiger partial charge in [0.15, 0.2) is 4.90 Å². The monoisotopic (exact) mass is 312 g/mol. The standard InChI is InChI=1S/C7H8O3S.C7H8OS/c1-6-2-4-7(5-3-6)11(8,9)10;1-8-6-2-4-7(9)5-3-6/h2-5H,1H3,(H,8,9,10);2-5,9H,1H3. The van der Waals surface area contributed by atoms with Crippen LogP contribution in [-0.2, 0) is 22.7 Å². The van der Waals surface area contributed by atoms with Crippen molar-refractivity contribution in [1.82, 2.24) is 0 Å². The smallest absolute Gasteiger partial charge is 0.150 e. The third-order valence-corrected chi connectivity index (χ3v) is 3.58. The molecule has 6 heteroatoms. The summed E-state index contributed by atoms with van der Waals surface area (Å²) in [6.07, 6.45) is 0. The molecule has 2 aromatic carbocycles. The van der Waals surface area contributed by atoms with E-state index in [4.69, 9.17) is 4.74 Å². The zero-order valence-electron chi connectivity index (χ0n) is 11.2. The molecule has 0 aromatic heterocycles. The summed E-state index contributed by atoms with van der Waals surface area (Å²) in [4.78, 5) is 0.888. The van der Waals surface area contributed by atoms with Crippen molar-refractivity contribution >= 4 is 22.7 Å². The third kappa shape index (κ3) is 5.64. The number of benzene rings is 2. The molecule has 0 amide bonds. The number of hydrogen-bond donors (Lipinski definition) is 0. The van der Waals surface area contributed by atoms with Gasteiger partial charge in [-0.05, 0) is 56.0 Å². The van der Waals surface area contributed by atoms with Crippen molar-refractivity contribution in [3.63, 3.8) is 0 Å². The minimum atomic E-state index is -4.27. The van der Waals surface area contributed by atoms with Gasteiger partial charge in [0, 0.05) is 0 Å². The highest BCUT2D eigenvalue weighted by molar-refractivity contribution is 7.85. The van der Waals surface area contributed by atoms with Gasteiger partial charge in [0.2, 0.25) is 0 Å². The van der Waals surface area contributed by atoms with Crippen LogP contribution in [0.2, 0.25) is 0 Å². The van der Waals surface area contributed by atoms with Gasteiger partial charge in [0.25, 0.3) is 0 Å². The summed E-state index contributed by atoms with van der Waals surface area (Å²) in [6.45, 7) is 1.82. The van der Waals surface area contributed by atoms with Crippen LogP contribution in [-0.4, -0.2) is 20.1 Å².